The zero-order valence-corrected chi connectivity index (χ0v) is 18.3. The van der Waals surface area contributed by atoms with Gasteiger partial charge in [0.15, 0.2) is 11.5 Å². The highest BCUT2D eigenvalue weighted by Gasteiger charge is 2.24. The van der Waals surface area contributed by atoms with Gasteiger partial charge in [0.1, 0.15) is 12.3 Å². The maximum atomic E-state index is 12.3. The summed E-state index contributed by atoms with van der Waals surface area (Å²) < 4.78 is 15.9. The topological polar surface area (TPSA) is 89.5 Å². The van der Waals surface area contributed by atoms with Crippen LogP contribution < -0.4 is 14.8 Å². The Bertz CT molecular complexity index is 1160. The number of thiophene rings is 1. The molecule has 0 radical (unpaired) electrons. The number of carbonyl (C=O) groups is 2. The normalized spacial score (nSPS) is 13.2. The molecule has 2 amide bonds. The Balaban J connectivity index is 1.52. The van der Waals surface area contributed by atoms with Crippen molar-refractivity contribution in [3.63, 3.8) is 0 Å². The van der Waals surface area contributed by atoms with Crippen LogP contribution in [0.3, 0.4) is 0 Å². The van der Waals surface area contributed by atoms with Crippen molar-refractivity contribution in [3.05, 3.63) is 76.0 Å². The Hall–Kier alpha value is -3.85. The minimum atomic E-state index is -0.540. The van der Waals surface area contributed by atoms with Crippen LogP contribution in [0.1, 0.15) is 20.8 Å². The molecule has 2 aromatic carbocycles. The predicted molar refractivity (Wildman–Crippen MR) is 122 cm³/mol. The van der Waals surface area contributed by atoms with E-state index in [1.165, 1.54) is 16.3 Å². The zero-order chi connectivity index (χ0) is 22.5. The second kappa shape index (κ2) is 9.52. The lowest BCUT2D eigenvalue weighted by molar-refractivity contribution is 0.102. The van der Waals surface area contributed by atoms with Crippen molar-refractivity contribution in [2.45, 2.75) is 6.54 Å². The molecule has 2 heterocycles. The fourth-order valence-corrected chi connectivity index (χ4v) is 3.82. The Morgan fingerprint density at radius 1 is 1.12 bits per heavy atom. The van der Waals surface area contributed by atoms with Gasteiger partial charge in [-0.1, -0.05) is 18.2 Å². The van der Waals surface area contributed by atoms with Gasteiger partial charge in [0, 0.05) is 11.3 Å². The quantitative estimate of drug-likeness (QED) is 0.576. The Labute approximate surface area is 189 Å². The molecule has 0 atom stereocenters. The van der Waals surface area contributed by atoms with Crippen molar-refractivity contribution in [1.82, 2.24) is 5.01 Å². The van der Waals surface area contributed by atoms with Gasteiger partial charge in [-0.25, -0.2) is 4.79 Å². The van der Waals surface area contributed by atoms with Gasteiger partial charge in [0.25, 0.3) is 5.91 Å². The molecule has 164 valence electrons. The number of hydrogen-bond donors (Lipinski definition) is 1. The highest BCUT2D eigenvalue weighted by atomic mass is 32.1. The fraction of sp³-hybridized carbons (Fsp3) is 0.174. The highest BCUT2D eigenvalue weighted by Crippen LogP contribution is 2.28. The minimum Gasteiger partial charge on any atom is -0.493 e. The molecule has 0 bridgehead atoms. The molecule has 1 N–H and O–H groups in total. The van der Waals surface area contributed by atoms with E-state index in [1.807, 2.05) is 29.6 Å². The van der Waals surface area contributed by atoms with E-state index in [9.17, 15) is 9.59 Å². The van der Waals surface area contributed by atoms with Crippen molar-refractivity contribution in [2.24, 2.45) is 5.10 Å². The zero-order valence-electron chi connectivity index (χ0n) is 17.5. The van der Waals surface area contributed by atoms with E-state index < -0.39 is 6.09 Å². The first kappa shape index (κ1) is 21.4. The van der Waals surface area contributed by atoms with Gasteiger partial charge in [-0.2, -0.15) is 10.1 Å². The molecule has 0 aliphatic carbocycles. The molecule has 4 rings (SSSR count). The van der Waals surface area contributed by atoms with Crippen LogP contribution in [0.25, 0.3) is 0 Å². The minimum absolute atomic E-state index is 0.0573. The van der Waals surface area contributed by atoms with Crippen LogP contribution in [0.15, 0.2) is 65.1 Å². The molecule has 0 fully saturated rings. The van der Waals surface area contributed by atoms with Gasteiger partial charge in [-0.15, -0.1) is 11.3 Å². The van der Waals surface area contributed by atoms with Gasteiger partial charge < -0.3 is 19.5 Å². The summed E-state index contributed by atoms with van der Waals surface area (Å²) in [6.07, 6.45) is -0.540. The maximum absolute atomic E-state index is 12.3. The molecule has 1 aromatic heterocycles. The Morgan fingerprint density at radius 3 is 2.72 bits per heavy atom. The van der Waals surface area contributed by atoms with Crippen molar-refractivity contribution in [2.75, 3.05) is 26.1 Å². The van der Waals surface area contributed by atoms with E-state index in [4.69, 9.17) is 14.2 Å². The van der Waals surface area contributed by atoms with Crippen molar-refractivity contribution < 1.29 is 23.8 Å². The number of hydrazone groups is 1. The number of nitrogens with zero attached hydrogens (tertiary/aromatic N) is 2. The Kier molecular flexibility index (Phi) is 6.37. The average molecular weight is 452 g/mol. The van der Waals surface area contributed by atoms with Gasteiger partial charge >= 0.3 is 6.09 Å². The standard InChI is InChI=1S/C23H21N3O5S/c1-29-19-9-8-16(12-20(19)30-2)18-14-31-23(28)26(25-18)13-15-5-3-6-17(11-15)24-22(27)21-7-4-10-32-21/h3-12H,13-14H2,1-2H3,(H,24,27). The summed E-state index contributed by atoms with van der Waals surface area (Å²) >= 11 is 1.37. The molecule has 1 aliphatic rings. The number of anilines is 1. The van der Waals surface area contributed by atoms with Gasteiger partial charge in [0.05, 0.1) is 25.6 Å². The Morgan fingerprint density at radius 2 is 1.97 bits per heavy atom. The SMILES string of the molecule is COc1ccc(C2=NN(Cc3cccc(NC(=O)c4cccs4)c3)C(=O)OC2)cc1OC. The molecule has 0 unspecified atom stereocenters. The fourth-order valence-electron chi connectivity index (χ4n) is 3.20. The first-order chi connectivity index (χ1) is 15.6. The summed E-state index contributed by atoms with van der Waals surface area (Å²) in [5.41, 5.74) is 2.78. The van der Waals surface area contributed by atoms with E-state index >= 15 is 0 Å². The first-order valence-electron chi connectivity index (χ1n) is 9.75. The number of benzene rings is 2. The molecule has 1 aliphatic heterocycles. The van der Waals surface area contributed by atoms with Crippen molar-refractivity contribution >= 4 is 34.7 Å². The third kappa shape index (κ3) is 4.73. The lowest BCUT2D eigenvalue weighted by Gasteiger charge is -2.24. The molecular formula is C23H21N3O5S. The number of ether oxygens (including phenoxy) is 3. The lowest BCUT2D eigenvalue weighted by atomic mass is 10.1. The van der Waals surface area contributed by atoms with Crippen LogP contribution in [0.4, 0.5) is 10.5 Å². The first-order valence-corrected chi connectivity index (χ1v) is 10.6. The molecule has 32 heavy (non-hydrogen) atoms. The number of cyclic esters (lactones) is 1. The molecule has 0 spiro atoms. The third-order valence-electron chi connectivity index (χ3n) is 4.76. The largest absolute Gasteiger partial charge is 0.493 e. The second-order valence-electron chi connectivity index (χ2n) is 6.86. The van der Waals surface area contributed by atoms with Crippen LogP contribution in [0.2, 0.25) is 0 Å². The summed E-state index contributed by atoms with van der Waals surface area (Å²) in [7, 11) is 3.12. The highest BCUT2D eigenvalue weighted by molar-refractivity contribution is 7.12. The van der Waals surface area contributed by atoms with Gasteiger partial charge in [-0.3, -0.25) is 4.79 Å². The van der Waals surface area contributed by atoms with E-state index in [1.54, 1.807) is 44.6 Å². The monoisotopic (exact) mass is 451 g/mol. The summed E-state index contributed by atoms with van der Waals surface area (Å²) in [5.74, 6) is 0.983. The molecule has 0 saturated heterocycles. The van der Waals surface area contributed by atoms with Crippen molar-refractivity contribution in [3.8, 4) is 11.5 Å². The molecular weight excluding hydrogens is 430 g/mol. The van der Waals surface area contributed by atoms with Crippen molar-refractivity contribution in [1.29, 1.82) is 0 Å². The molecule has 0 saturated carbocycles. The number of hydrogen-bond acceptors (Lipinski definition) is 7. The number of carbonyl (C=O) groups excluding carboxylic acids is 2. The second-order valence-corrected chi connectivity index (χ2v) is 7.81. The predicted octanol–water partition coefficient (Wildman–Crippen LogP) is 4.37. The third-order valence-corrected chi connectivity index (χ3v) is 5.63. The van der Waals surface area contributed by atoms with Crippen LogP contribution in [0, 0.1) is 0 Å². The average Bonchev–Trinajstić information content (AvgIpc) is 3.35. The number of nitrogens with one attached hydrogen (secondary N) is 1. The molecule has 9 heteroatoms. The summed E-state index contributed by atoms with van der Waals surface area (Å²) in [6, 6.07) is 16.2. The number of rotatable bonds is 7. The summed E-state index contributed by atoms with van der Waals surface area (Å²) in [5, 5.41) is 10.5. The van der Waals surface area contributed by atoms with Crippen LogP contribution in [-0.2, 0) is 11.3 Å². The van der Waals surface area contributed by atoms with Crippen LogP contribution in [-0.4, -0.2) is 43.5 Å². The van der Waals surface area contributed by atoms with E-state index in [2.05, 4.69) is 10.4 Å². The smallest absolute Gasteiger partial charge is 0.431 e. The maximum Gasteiger partial charge on any atom is 0.431 e. The van der Waals surface area contributed by atoms with E-state index in [0.717, 1.165) is 11.1 Å². The summed E-state index contributed by atoms with van der Waals surface area (Å²) in [6.45, 7) is 0.250. The van der Waals surface area contributed by atoms with E-state index in [0.29, 0.717) is 27.8 Å². The van der Waals surface area contributed by atoms with Crippen LogP contribution in [0.5, 0.6) is 11.5 Å². The van der Waals surface area contributed by atoms with E-state index in [-0.39, 0.29) is 19.1 Å². The number of amides is 2. The molecule has 8 nitrogen and oxygen atoms in total. The summed E-state index contributed by atoms with van der Waals surface area (Å²) in [4.78, 5) is 25.2. The molecule has 3 aromatic rings. The lowest BCUT2D eigenvalue weighted by Crippen LogP contribution is -2.35. The van der Waals surface area contributed by atoms with Gasteiger partial charge in [0.2, 0.25) is 0 Å². The van der Waals surface area contributed by atoms with Gasteiger partial charge in [-0.05, 0) is 47.3 Å². The number of methoxy groups -OCH3 is 2. The van der Waals surface area contributed by atoms with Crippen LogP contribution >= 0.6 is 11.3 Å².